The predicted octanol–water partition coefficient (Wildman–Crippen LogP) is 0.821. The second kappa shape index (κ2) is 3.27. The Morgan fingerprint density at radius 2 is 2.46 bits per heavy atom. The topological polar surface area (TPSA) is 63.2 Å². The van der Waals surface area contributed by atoms with Crippen molar-refractivity contribution in [3.63, 3.8) is 0 Å². The number of aliphatic hydroxyl groups excluding tert-OH is 1. The highest BCUT2D eigenvalue weighted by atomic mass is 32.1. The summed E-state index contributed by atoms with van der Waals surface area (Å²) in [5, 5.41) is 10.7. The van der Waals surface area contributed by atoms with Crippen LogP contribution >= 0.6 is 11.3 Å². The summed E-state index contributed by atoms with van der Waals surface area (Å²) in [5.41, 5.74) is 9.85. The summed E-state index contributed by atoms with van der Waals surface area (Å²) in [7, 11) is 0. The molecule has 0 aliphatic rings. The van der Waals surface area contributed by atoms with Crippen molar-refractivity contribution in [2.75, 3.05) is 24.3 Å². The maximum Gasteiger partial charge on any atom is 0.124 e. The number of nitrogens with two attached hydrogens (primary N) is 1. The number of anilines is 1. The smallest absolute Gasteiger partial charge is 0.124 e. The van der Waals surface area contributed by atoms with Crippen LogP contribution in [0.1, 0.15) is 0 Å². The Morgan fingerprint density at radius 1 is 1.62 bits per heavy atom. The van der Waals surface area contributed by atoms with Gasteiger partial charge in [-0.1, -0.05) is 0 Å². The zero-order chi connectivity index (χ0) is 9.26. The van der Waals surface area contributed by atoms with Gasteiger partial charge in [-0.25, -0.2) is 4.68 Å². The number of nitrogens with one attached hydrogen (secondary N) is 1. The Bertz CT molecular complexity index is 406. The molecule has 2 aromatic heterocycles. The summed E-state index contributed by atoms with van der Waals surface area (Å²) in [6.45, 7) is 0.604. The predicted molar refractivity (Wildman–Crippen MR) is 55.5 cm³/mol. The van der Waals surface area contributed by atoms with Gasteiger partial charge in [-0.15, -0.1) is 11.3 Å². The summed E-state index contributed by atoms with van der Waals surface area (Å²) in [6, 6.07) is 3.92. The van der Waals surface area contributed by atoms with Crippen LogP contribution in [-0.4, -0.2) is 22.9 Å². The Kier molecular flexibility index (Phi) is 2.12. The van der Waals surface area contributed by atoms with E-state index in [9.17, 15) is 0 Å². The molecule has 2 heterocycles. The Morgan fingerprint density at radius 3 is 3.23 bits per heavy atom. The molecule has 0 saturated heterocycles. The van der Waals surface area contributed by atoms with Gasteiger partial charge in [0.25, 0.3) is 0 Å². The molecule has 0 amide bonds. The van der Waals surface area contributed by atoms with Crippen molar-refractivity contribution >= 4 is 27.4 Å². The summed E-state index contributed by atoms with van der Waals surface area (Å²) in [4.78, 5) is 0. The molecule has 4 N–H and O–H groups in total. The lowest BCUT2D eigenvalue weighted by Crippen LogP contribution is -2.19. The molecule has 0 bridgehead atoms. The van der Waals surface area contributed by atoms with Crippen LogP contribution in [0.3, 0.4) is 0 Å². The number of nitrogens with zero attached hydrogens (tertiary/aromatic N) is 1. The third-order valence-corrected chi connectivity index (χ3v) is 2.69. The van der Waals surface area contributed by atoms with Gasteiger partial charge >= 0.3 is 0 Å². The zero-order valence-corrected chi connectivity index (χ0v) is 7.84. The Balaban J connectivity index is 2.39. The van der Waals surface area contributed by atoms with Crippen LogP contribution in [0.4, 0.5) is 5.82 Å². The molecule has 70 valence electrons. The maximum absolute atomic E-state index is 8.66. The SMILES string of the molecule is Nc1cc2sccc2n1NCCO. The van der Waals surface area contributed by atoms with Gasteiger partial charge in [-0.2, -0.15) is 0 Å². The van der Waals surface area contributed by atoms with Crippen LogP contribution in [0.2, 0.25) is 0 Å². The molecule has 0 atom stereocenters. The van der Waals surface area contributed by atoms with Crippen molar-refractivity contribution in [3.05, 3.63) is 17.5 Å². The molecule has 2 aromatic rings. The fourth-order valence-electron chi connectivity index (χ4n) is 1.28. The van der Waals surface area contributed by atoms with E-state index in [1.165, 1.54) is 0 Å². The highest BCUT2D eigenvalue weighted by molar-refractivity contribution is 7.17. The van der Waals surface area contributed by atoms with E-state index in [-0.39, 0.29) is 6.61 Å². The molecule has 0 radical (unpaired) electrons. The van der Waals surface area contributed by atoms with E-state index in [4.69, 9.17) is 10.8 Å². The van der Waals surface area contributed by atoms with E-state index in [0.29, 0.717) is 12.4 Å². The lowest BCUT2D eigenvalue weighted by molar-refractivity contribution is 0.307. The minimum Gasteiger partial charge on any atom is -0.394 e. The summed E-state index contributed by atoms with van der Waals surface area (Å²) in [5.74, 6) is 0.676. The van der Waals surface area contributed by atoms with E-state index in [1.54, 1.807) is 16.0 Å². The number of fused-ring (bicyclic) bond motifs is 1. The van der Waals surface area contributed by atoms with Crippen LogP contribution in [-0.2, 0) is 0 Å². The summed E-state index contributed by atoms with van der Waals surface area (Å²) >= 11 is 1.65. The van der Waals surface area contributed by atoms with E-state index in [2.05, 4.69) is 5.43 Å². The molecule has 4 nitrogen and oxygen atoms in total. The minimum absolute atomic E-state index is 0.100. The first-order valence-corrected chi connectivity index (χ1v) is 4.90. The van der Waals surface area contributed by atoms with Crippen LogP contribution in [0.5, 0.6) is 0 Å². The molecule has 2 rings (SSSR count). The third kappa shape index (κ3) is 1.36. The molecule has 0 unspecified atom stereocenters. The molecule has 0 aromatic carbocycles. The van der Waals surface area contributed by atoms with Gasteiger partial charge in [0.15, 0.2) is 0 Å². The van der Waals surface area contributed by atoms with Gasteiger partial charge in [0, 0.05) is 0 Å². The maximum atomic E-state index is 8.66. The van der Waals surface area contributed by atoms with Gasteiger partial charge in [0.05, 0.1) is 23.4 Å². The van der Waals surface area contributed by atoms with Crippen molar-refractivity contribution in [2.24, 2.45) is 0 Å². The number of hydrogen-bond donors (Lipinski definition) is 3. The largest absolute Gasteiger partial charge is 0.394 e. The summed E-state index contributed by atoms with van der Waals surface area (Å²) in [6.07, 6.45) is 0. The van der Waals surface area contributed by atoms with Crippen LogP contribution in [0.25, 0.3) is 10.2 Å². The highest BCUT2D eigenvalue weighted by Gasteiger charge is 2.05. The van der Waals surface area contributed by atoms with Crippen molar-refractivity contribution in [1.82, 2.24) is 4.68 Å². The lowest BCUT2D eigenvalue weighted by atomic mass is 10.5. The fraction of sp³-hybridized carbons (Fsp3) is 0.250. The second-order valence-corrected chi connectivity index (χ2v) is 3.65. The van der Waals surface area contributed by atoms with E-state index >= 15 is 0 Å². The molecule has 5 heteroatoms. The molecule has 0 spiro atoms. The average Bonchev–Trinajstić information content (AvgIpc) is 2.62. The standard InChI is InChI=1S/C8H11N3OS/c9-8-5-7-6(1-4-13-7)11(8)10-2-3-12/h1,4-5,10,12H,2-3,9H2. The minimum atomic E-state index is 0.100. The lowest BCUT2D eigenvalue weighted by Gasteiger charge is -2.08. The molecular formula is C8H11N3OS. The quantitative estimate of drug-likeness (QED) is 0.682. The van der Waals surface area contributed by atoms with E-state index < -0.39 is 0 Å². The molecule has 0 aliphatic carbocycles. The Labute approximate surface area is 79.6 Å². The second-order valence-electron chi connectivity index (χ2n) is 2.71. The monoisotopic (exact) mass is 197 g/mol. The normalized spacial score (nSPS) is 10.8. The van der Waals surface area contributed by atoms with Crippen molar-refractivity contribution in [1.29, 1.82) is 0 Å². The first-order valence-electron chi connectivity index (χ1n) is 4.02. The zero-order valence-electron chi connectivity index (χ0n) is 7.03. The van der Waals surface area contributed by atoms with Crippen LogP contribution in [0.15, 0.2) is 17.5 Å². The molecule has 0 aliphatic heterocycles. The summed E-state index contributed by atoms with van der Waals surface area (Å²) < 4.78 is 2.95. The van der Waals surface area contributed by atoms with Gasteiger partial charge in [0.2, 0.25) is 0 Å². The third-order valence-electron chi connectivity index (χ3n) is 1.83. The number of aromatic nitrogens is 1. The van der Waals surface area contributed by atoms with Crippen LogP contribution in [0, 0.1) is 0 Å². The highest BCUT2D eigenvalue weighted by Crippen LogP contribution is 2.25. The van der Waals surface area contributed by atoms with Crippen molar-refractivity contribution in [3.8, 4) is 0 Å². The number of nitrogen functional groups attached to an aromatic ring is 1. The van der Waals surface area contributed by atoms with E-state index in [0.717, 1.165) is 10.2 Å². The first kappa shape index (κ1) is 8.40. The van der Waals surface area contributed by atoms with Crippen molar-refractivity contribution < 1.29 is 5.11 Å². The average molecular weight is 197 g/mol. The molecule has 0 saturated carbocycles. The van der Waals surface area contributed by atoms with Gasteiger partial charge in [-0.05, 0) is 17.5 Å². The van der Waals surface area contributed by atoms with Gasteiger partial charge in [-0.3, -0.25) is 0 Å². The fourth-order valence-corrected chi connectivity index (χ4v) is 2.10. The van der Waals surface area contributed by atoms with Crippen molar-refractivity contribution in [2.45, 2.75) is 0 Å². The number of thiophene rings is 1. The number of aliphatic hydroxyl groups is 1. The molecule has 0 fully saturated rings. The molecule has 13 heavy (non-hydrogen) atoms. The number of hydrogen-bond acceptors (Lipinski definition) is 4. The molecular weight excluding hydrogens is 186 g/mol. The van der Waals surface area contributed by atoms with Gasteiger partial charge in [0.1, 0.15) is 5.82 Å². The Hall–Kier alpha value is -1.20. The van der Waals surface area contributed by atoms with E-state index in [1.807, 2.05) is 17.5 Å². The van der Waals surface area contributed by atoms with Crippen LogP contribution < -0.4 is 11.2 Å². The number of rotatable bonds is 3. The first-order chi connectivity index (χ1) is 6.33. The van der Waals surface area contributed by atoms with Gasteiger partial charge < -0.3 is 16.3 Å².